The fraction of sp³-hybridized carbons (Fsp3) is 0.765. The van der Waals surface area contributed by atoms with Crippen LogP contribution in [-0.4, -0.2) is 15.6 Å². The lowest BCUT2D eigenvalue weighted by atomic mass is 9.51. The van der Waals surface area contributed by atoms with Gasteiger partial charge in [0.1, 0.15) is 5.69 Å². The number of aryl methyl sites for hydroxylation is 1. The van der Waals surface area contributed by atoms with Gasteiger partial charge < -0.3 is 0 Å². The lowest BCUT2D eigenvalue weighted by molar-refractivity contribution is -0.0255. The minimum atomic E-state index is 0.265. The molecule has 3 nitrogen and oxygen atoms in total. The number of aromatic nitrogens is 2. The van der Waals surface area contributed by atoms with E-state index in [2.05, 4.69) is 28.0 Å². The summed E-state index contributed by atoms with van der Waals surface area (Å²) in [7, 11) is 0. The molecule has 0 saturated heterocycles. The van der Waals surface area contributed by atoms with Gasteiger partial charge in [-0.3, -0.25) is 9.48 Å². The number of Topliss-reactive ketones (excluding diaryl/α,β-unsaturated/α-hetero) is 1. The highest BCUT2D eigenvalue weighted by Gasteiger charge is 2.51. The Morgan fingerprint density at radius 3 is 2.43 bits per heavy atom. The normalized spacial score (nSPS) is 37.1. The summed E-state index contributed by atoms with van der Waals surface area (Å²) in [6.07, 6.45) is 9.41. The van der Waals surface area contributed by atoms with E-state index in [1.807, 2.05) is 4.68 Å². The molecule has 114 valence electrons. The van der Waals surface area contributed by atoms with Crippen LogP contribution in [0, 0.1) is 29.6 Å². The van der Waals surface area contributed by atoms with Gasteiger partial charge in [-0.15, -0.1) is 0 Å². The number of hydrogen-bond donors (Lipinski definition) is 0. The Kier molecular flexibility index (Phi) is 3.48. The highest BCUT2D eigenvalue weighted by Crippen LogP contribution is 2.57. The van der Waals surface area contributed by atoms with Crippen molar-refractivity contribution in [3.8, 4) is 0 Å². The molecule has 0 unspecified atom stereocenters. The molecule has 0 amide bonds. The largest absolute Gasteiger partial charge is 0.292 e. The molecule has 5 rings (SSSR count). The van der Waals surface area contributed by atoms with E-state index in [9.17, 15) is 4.79 Å². The molecule has 0 spiro atoms. The minimum absolute atomic E-state index is 0.265. The molecule has 0 radical (unpaired) electrons. The van der Waals surface area contributed by atoms with Crippen LogP contribution < -0.4 is 0 Å². The summed E-state index contributed by atoms with van der Waals surface area (Å²) in [6.45, 7) is 2.96. The van der Waals surface area contributed by atoms with Crippen LogP contribution in [0.4, 0.5) is 0 Å². The van der Waals surface area contributed by atoms with Crippen LogP contribution >= 0.6 is 15.9 Å². The maximum absolute atomic E-state index is 13.2. The lowest BCUT2D eigenvalue weighted by Crippen LogP contribution is -2.48. The van der Waals surface area contributed by atoms with Crippen molar-refractivity contribution in [3.63, 3.8) is 0 Å². The van der Waals surface area contributed by atoms with Crippen molar-refractivity contribution in [1.82, 2.24) is 9.78 Å². The minimum Gasteiger partial charge on any atom is -0.292 e. The molecule has 0 N–H and O–H groups in total. The Labute approximate surface area is 134 Å². The summed E-state index contributed by atoms with van der Waals surface area (Å²) < 4.78 is 2.80. The second kappa shape index (κ2) is 5.22. The number of carbonyl (C=O) groups is 1. The van der Waals surface area contributed by atoms with Gasteiger partial charge in [0.2, 0.25) is 0 Å². The van der Waals surface area contributed by atoms with Gasteiger partial charge in [-0.2, -0.15) is 5.10 Å². The van der Waals surface area contributed by atoms with Crippen LogP contribution in [0.2, 0.25) is 0 Å². The summed E-state index contributed by atoms with van der Waals surface area (Å²) in [5, 5.41) is 4.39. The maximum Gasteiger partial charge on any atom is 0.185 e. The van der Waals surface area contributed by atoms with Gasteiger partial charge in [0.05, 0.1) is 10.7 Å². The molecule has 4 fully saturated rings. The highest BCUT2D eigenvalue weighted by atomic mass is 79.9. The third-order valence-electron chi connectivity index (χ3n) is 5.99. The van der Waals surface area contributed by atoms with E-state index in [0.717, 1.165) is 35.0 Å². The molecule has 1 heterocycles. The van der Waals surface area contributed by atoms with Crippen LogP contribution in [-0.2, 0) is 6.54 Å². The molecule has 4 saturated carbocycles. The van der Waals surface area contributed by atoms with Gasteiger partial charge in [0.15, 0.2) is 5.78 Å². The second-order valence-corrected chi connectivity index (χ2v) is 8.24. The first-order chi connectivity index (χ1) is 10.2. The number of nitrogens with zero attached hydrogens (tertiary/aromatic N) is 2. The predicted molar refractivity (Wildman–Crippen MR) is 85.1 cm³/mol. The van der Waals surface area contributed by atoms with E-state index in [1.165, 1.54) is 32.1 Å². The molecular weight excluding hydrogens is 328 g/mol. The Morgan fingerprint density at radius 2 is 1.86 bits per heavy atom. The molecule has 0 atom stereocenters. The molecule has 4 bridgehead atoms. The summed E-state index contributed by atoms with van der Waals surface area (Å²) in [4.78, 5) is 13.2. The molecular formula is C17H23BrN2O. The second-order valence-electron chi connectivity index (χ2n) is 7.39. The van der Waals surface area contributed by atoms with E-state index in [1.54, 1.807) is 6.20 Å². The van der Waals surface area contributed by atoms with Crippen molar-refractivity contribution in [2.24, 2.45) is 29.6 Å². The van der Waals surface area contributed by atoms with Gasteiger partial charge >= 0.3 is 0 Å². The number of hydrogen-bond acceptors (Lipinski definition) is 2. The van der Waals surface area contributed by atoms with Crippen LogP contribution in [0.1, 0.15) is 55.9 Å². The van der Waals surface area contributed by atoms with Crippen molar-refractivity contribution in [2.45, 2.75) is 52.0 Å². The molecule has 21 heavy (non-hydrogen) atoms. The smallest absolute Gasteiger partial charge is 0.185 e. The highest BCUT2D eigenvalue weighted by molar-refractivity contribution is 9.10. The average Bonchev–Trinajstić information content (AvgIpc) is 2.79. The van der Waals surface area contributed by atoms with Crippen molar-refractivity contribution < 1.29 is 4.79 Å². The zero-order valence-corrected chi connectivity index (χ0v) is 14.2. The maximum atomic E-state index is 13.2. The fourth-order valence-electron chi connectivity index (χ4n) is 5.50. The van der Waals surface area contributed by atoms with Crippen LogP contribution in [0.25, 0.3) is 0 Å². The van der Waals surface area contributed by atoms with E-state index in [0.29, 0.717) is 17.6 Å². The van der Waals surface area contributed by atoms with E-state index in [4.69, 9.17) is 0 Å². The zero-order chi connectivity index (χ0) is 14.6. The van der Waals surface area contributed by atoms with Crippen LogP contribution in [0.3, 0.4) is 0 Å². The summed E-state index contributed by atoms with van der Waals surface area (Å²) in [5.74, 6) is 3.75. The van der Waals surface area contributed by atoms with Crippen molar-refractivity contribution in [1.29, 1.82) is 0 Å². The van der Waals surface area contributed by atoms with Gasteiger partial charge in [-0.1, -0.05) is 6.92 Å². The van der Waals surface area contributed by atoms with Gasteiger partial charge in [-0.25, -0.2) is 0 Å². The molecule has 4 heteroatoms. The summed E-state index contributed by atoms with van der Waals surface area (Å²) in [5.41, 5.74) is 0.828. The standard InChI is InChI=1S/C17H23BrN2O/c1-2-3-20-16(14(18)9-19-20)17(21)15-12-5-10-4-11(7-12)8-13(15)6-10/h9-13,15H,2-8H2,1H3. The molecule has 0 aliphatic heterocycles. The Bertz CT molecular complexity index is 537. The first kappa shape index (κ1) is 14.0. The van der Waals surface area contributed by atoms with E-state index >= 15 is 0 Å². The Balaban J connectivity index is 1.65. The Hall–Kier alpha value is -0.640. The van der Waals surface area contributed by atoms with Gasteiger partial charge in [-0.05, 0) is 78.1 Å². The summed E-state index contributed by atoms with van der Waals surface area (Å²) in [6, 6.07) is 0. The topological polar surface area (TPSA) is 34.9 Å². The fourth-order valence-corrected chi connectivity index (χ4v) is 5.99. The average molecular weight is 351 g/mol. The van der Waals surface area contributed by atoms with Gasteiger partial charge in [0, 0.05) is 12.5 Å². The summed E-state index contributed by atoms with van der Waals surface area (Å²) >= 11 is 3.55. The molecule has 4 aliphatic rings. The molecule has 1 aromatic rings. The van der Waals surface area contributed by atoms with E-state index in [-0.39, 0.29) is 5.92 Å². The predicted octanol–water partition coefficient (Wildman–Crippen LogP) is 4.31. The number of ketones is 1. The molecule has 0 aromatic carbocycles. The first-order valence-electron chi connectivity index (χ1n) is 8.42. The monoisotopic (exact) mass is 350 g/mol. The SMILES string of the molecule is CCCn1ncc(Br)c1C(=O)C1C2CC3CC(C2)CC1C3. The van der Waals surface area contributed by atoms with E-state index < -0.39 is 0 Å². The first-order valence-corrected chi connectivity index (χ1v) is 9.22. The lowest BCUT2D eigenvalue weighted by Gasteiger charge is -2.53. The van der Waals surface area contributed by atoms with Crippen molar-refractivity contribution in [3.05, 3.63) is 16.4 Å². The zero-order valence-electron chi connectivity index (χ0n) is 12.6. The number of halogens is 1. The number of rotatable bonds is 4. The van der Waals surface area contributed by atoms with Crippen LogP contribution in [0.15, 0.2) is 10.7 Å². The van der Waals surface area contributed by atoms with Gasteiger partial charge in [0.25, 0.3) is 0 Å². The Morgan fingerprint density at radius 1 is 1.24 bits per heavy atom. The quantitative estimate of drug-likeness (QED) is 0.758. The van der Waals surface area contributed by atoms with Crippen molar-refractivity contribution in [2.75, 3.05) is 0 Å². The van der Waals surface area contributed by atoms with Crippen molar-refractivity contribution >= 4 is 21.7 Å². The molecule has 1 aromatic heterocycles. The number of carbonyl (C=O) groups excluding carboxylic acids is 1. The third-order valence-corrected chi connectivity index (χ3v) is 6.57. The molecule has 4 aliphatic carbocycles. The van der Waals surface area contributed by atoms with Crippen LogP contribution in [0.5, 0.6) is 0 Å². The third kappa shape index (κ3) is 2.21.